The van der Waals surface area contributed by atoms with Gasteiger partial charge < -0.3 is 22.2 Å². The molecule has 0 spiro atoms. The fraction of sp³-hybridized carbons (Fsp3) is 0. The van der Waals surface area contributed by atoms with Crippen molar-refractivity contribution in [3.05, 3.63) is 10.4 Å². The zero-order valence-electron chi connectivity index (χ0n) is 2.68. The maximum absolute atomic E-state index is 7.75. The molecule has 0 radical (unpaired) electrons. The molecular formula is H4N2O2Zn. The molecule has 28 valence electrons. The fourth-order valence-corrected chi connectivity index (χ4v) is 0. The topological polar surface area (TPSA) is 98.2 Å². The molecule has 5 heavy (non-hydrogen) atoms. The van der Waals surface area contributed by atoms with Crippen molar-refractivity contribution in [3.8, 4) is 0 Å². The predicted octanol–water partition coefficient (Wildman–Crippen LogP) is -1.12. The van der Waals surface area contributed by atoms with Crippen LogP contribution in [0.25, 0.3) is 0 Å². The van der Waals surface area contributed by atoms with Gasteiger partial charge in [-0.1, -0.05) is 0 Å². The molecule has 0 unspecified atom stereocenters. The summed E-state index contributed by atoms with van der Waals surface area (Å²) in [7, 11) is 0. The van der Waals surface area contributed by atoms with Crippen molar-refractivity contribution in [3.63, 3.8) is 0 Å². The maximum atomic E-state index is 7.75. The largest absolute Gasteiger partial charge is 2.00 e. The molecule has 5 heteroatoms. The van der Waals surface area contributed by atoms with Gasteiger partial charge in [0.2, 0.25) is 0 Å². The van der Waals surface area contributed by atoms with Crippen LogP contribution in [-0.2, 0) is 19.5 Å². The van der Waals surface area contributed by atoms with Crippen LogP contribution in [0.1, 0.15) is 0 Å². The summed E-state index contributed by atoms with van der Waals surface area (Å²) in [4.78, 5) is 0. The minimum atomic E-state index is 0. The van der Waals surface area contributed by atoms with Gasteiger partial charge in [0.15, 0.2) is 0 Å². The van der Waals surface area contributed by atoms with E-state index >= 15 is 0 Å². The Morgan fingerprint density at radius 3 is 0.800 bits per heavy atom. The Hall–Kier alpha value is 0.463. The molecule has 0 rings (SSSR count). The van der Waals surface area contributed by atoms with Crippen molar-refractivity contribution < 1.29 is 19.5 Å². The number of rotatable bonds is 0. The van der Waals surface area contributed by atoms with Crippen LogP contribution < -0.4 is 11.8 Å². The molecule has 0 aromatic rings. The van der Waals surface area contributed by atoms with E-state index in [9.17, 15) is 0 Å². The second-order valence-electron chi connectivity index (χ2n) is 0. The SMILES string of the molecule is N[O-].N[O-].[Zn+2]. The molecule has 0 aromatic carbocycles. The van der Waals surface area contributed by atoms with E-state index in [2.05, 4.69) is 11.8 Å². The fourth-order valence-electron chi connectivity index (χ4n) is 0. The van der Waals surface area contributed by atoms with Gasteiger partial charge in [-0.15, -0.1) is 0 Å². The maximum Gasteiger partial charge on any atom is 2.00 e. The number of hydrogen-bond acceptors (Lipinski definition) is 4. The minimum absolute atomic E-state index is 0. The quantitative estimate of drug-likeness (QED) is 0.320. The average molecular weight is 129 g/mol. The van der Waals surface area contributed by atoms with E-state index in [1.807, 2.05) is 0 Å². The minimum Gasteiger partial charge on any atom is -0.790 e. The van der Waals surface area contributed by atoms with Gasteiger partial charge in [0.1, 0.15) is 0 Å². The first-order chi connectivity index (χ1) is 2.00. The van der Waals surface area contributed by atoms with Gasteiger partial charge in [-0.25, -0.2) is 0 Å². The normalized spacial score (nSPS) is 2.40. The molecule has 0 bridgehead atoms. The Morgan fingerprint density at radius 2 is 0.800 bits per heavy atom. The van der Waals surface area contributed by atoms with Crippen LogP contribution in [-0.4, -0.2) is 0 Å². The Bertz CT molecular complexity index is 7.61. The van der Waals surface area contributed by atoms with Gasteiger partial charge in [0.25, 0.3) is 0 Å². The van der Waals surface area contributed by atoms with Gasteiger partial charge in [-0.2, -0.15) is 0 Å². The second-order valence-corrected chi connectivity index (χ2v) is 0. The van der Waals surface area contributed by atoms with E-state index in [4.69, 9.17) is 10.4 Å². The molecular weight excluding hydrogens is 125 g/mol. The van der Waals surface area contributed by atoms with Crippen molar-refractivity contribution >= 4 is 0 Å². The third-order valence-corrected chi connectivity index (χ3v) is 0. The van der Waals surface area contributed by atoms with Crippen molar-refractivity contribution in [1.29, 1.82) is 0 Å². The Morgan fingerprint density at radius 1 is 0.800 bits per heavy atom. The van der Waals surface area contributed by atoms with Crippen LogP contribution in [0.3, 0.4) is 0 Å². The molecule has 0 fully saturated rings. The first-order valence-electron chi connectivity index (χ1n) is 0.471. The molecule has 0 aliphatic rings. The molecule has 0 aliphatic carbocycles. The van der Waals surface area contributed by atoms with Crippen LogP contribution in [0.2, 0.25) is 0 Å². The van der Waals surface area contributed by atoms with E-state index in [-0.39, 0.29) is 19.5 Å². The summed E-state index contributed by atoms with van der Waals surface area (Å²) in [6.45, 7) is 0. The van der Waals surface area contributed by atoms with Crippen molar-refractivity contribution in [2.24, 2.45) is 11.8 Å². The zero-order valence-corrected chi connectivity index (χ0v) is 5.65. The molecule has 4 N–H and O–H groups in total. The van der Waals surface area contributed by atoms with Crippen LogP contribution in [0.4, 0.5) is 0 Å². The molecule has 0 atom stereocenters. The summed E-state index contributed by atoms with van der Waals surface area (Å²) >= 11 is 0. The van der Waals surface area contributed by atoms with Crippen molar-refractivity contribution in [2.45, 2.75) is 0 Å². The Balaban J connectivity index is -0.0000000133. The molecule has 0 heterocycles. The Labute approximate surface area is 42.4 Å². The Kier molecular flexibility index (Phi) is 894. The summed E-state index contributed by atoms with van der Waals surface area (Å²) in [5.74, 6) is 6.50. The van der Waals surface area contributed by atoms with Crippen LogP contribution in [0.15, 0.2) is 0 Å². The first kappa shape index (κ1) is 17.9. The monoisotopic (exact) mass is 128 g/mol. The smallest absolute Gasteiger partial charge is 0.790 e. The van der Waals surface area contributed by atoms with Gasteiger partial charge in [-0.3, -0.25) is 0 Å². The standard InChI is InChI=1S/2H2NO.Zn/c2*1-2;/h2*1H2;/q2*-1;+2. The summed E-state index contributed by atoms with van der Waals surface area (Å²) < 4.78 is 0. The van der Waals surface area contributed by atoms with Crippen LogP contribution in [0, 0.1) is 10.4 Å². The van der Waals surface area contributed by atoms with E-state index in [0.717, 1.165) is 0 Å². The third kappa shape index (κ3) is 126. The first-order valence-corrected chi connectivity index (χ1v) is 0.471. The average Bonchev–Trinajstić information content (AvgIpc) is 1.50. The van der Waals surface area contributed by atoms with E-state index in [1.165, 1.54) is 0 Å². The van der Waals surface area contributed by atoms with E-state index in [0.29, 0.717) is 0 Å². The molecule has 0 saturated carbocycles. The van der Waals surface area contributed by atoms with Gasteiger partial charge in [-0.05, 0) is 0 Å². The zero-order chi connectivity index (χ0) is 4.00. The van der Waals surface area contributed by atoms with Gasteiger partial charge in [0, 0.05) is 0 Å². The van der Waals surface area contributed by atoms with Crippen molar-refractivity contribution in [2.75, 3.05) is 0 Å². The van der Waals surface area contributed by atoms with Gasteiger partial charge in [0.05, 0.1) is 0 Å². The summed E-state index contributed by atoms with van der Waals surface area (Å²) in [5, 5.41) is 15.5. The molecule has 0 amide bonds. The molecule has 0 aromatic heterocycles. The van der Waals surface area contributed by atoms with Gasteiger partial charge >= 0.3 is 19.5 Å². The summed E-state index contributed by atoms with van der Waals surface area (Å²) in [5.41, 5.74) is 0. The molecule has 4 nitrogen and oxygen atoms in total. The van der Waals surface area contributed by atoms with E-state index < -0.39 is 0 Å². The van der Waals surface area contributed by atoms with E-state index in [1.54, 1.807) is 0 Å². The molecule has 0 saturated heterocycles. The number of nitrogens with two attached hydrogens (primary N) is 2. The molecule has 0 aliphatic heterocycles. The second kappa shape index (κ2) is 249. The van der Waals surface area contributed by atoms with Crippen molar-refractivity contribution in [1.82, 2.24) is 0 Å². The van der Waals surface area contributed by atoms with Crippen LogP contribution >= 0.6 is 0 Å². The van der Waals surface area contributed by atoms with Crippen LogP contribution in [0.5, 0.6) is 0 Å². The summed E-state index contributed by atoms with van der Waals surface area (Å²) in [6, 6.07) is 0. The summed E-state index contributed by atoms with van der Waals surface area (Å²) in [6.07, 6.45) is 0. The third-order valence-electron chi connectivity index (χ3n) is 0. The predicted molar refractivity (Wildman–Crippen MR) is 15.1 cm³/mol. The number of hydrogen-bond donors (Lipinski definition) is 2.